The van der Waals surface area contributed by atoms with Crippen molar-refractivity contribution < 1.29 is 14.7 Å². The minimum atomic E-state index is -0.774. The van der Waals surface area contributed by atoms with Crippen LogP contribution in [0.15, 0.2) is 12.7 Å². The Labute approximate surface area is 94.9 Å². The van der Waals surface area contributed by atoms with Crippen LogP contribution in [0.4, 0.5) is 4.79 Å². The Hall–Kier alpha value is -1.52. The highest BCUT2D eigenvalue weighted by Crippen LogP contribution is 2.25. The molecule has 1 aliphatic rings. The summed E-state index contributed by atoms with van der Waals surface area (Å²) >= 11 is 0. The fourth-order valence-electron chi connectivity index (χ4n) is 1.83. The number of carbonyl (C=O) groups is 2. The first kappa shape index (κ1) is 12.5. The van der Waals surface area contributed by atoms with Crippen molar-refractivity contribution in [2.24, 2.45) is 5.92 Å². The third-order valence-electron chi connectivity index (χ3n) is 2.83. The fourth-order valence-corrected chi connectivity index (χ4v) is 1.83. The summed E-state index contributed by atoms with van der Waals surface area (Å²) in [7, 11) is 0. The van der Waals surface area contributed by atoms with E-state index in [1.54, 1.807) is 6.08 Å². The van der Waals surface area contributed by atoms with Gasteiger partial charge in [-0.2, -0.15) is 0 Å². The zero-order chi connectivity index (χ0) is 12.1. The Bertz CT molecular complexity index is 291. The molecule has 0 bridgehead atoms. The van der Waals surface area contributed by atoms with Gasteiger partial charge in [-0.3, -0.25) is 4.79 Å². The molecule has 5 heteroatoms. The molecule has 1 aliphatic carbocycles. The second-order valence-electron chi connectivity index (χ2n) is 4.19. The zero-order valence-corrected chi connectivity index (χ0v) is 9.40. The number of urea groups is 1. The molecule has 90 valence electrons. The normalized spacial score (nSPS) is 25.8. The molecule has 0 spiro atoms. The van der Waals surface area contributed by atoms with Crippen molar-refractivity contribution in [1.82, 2.24) is 10.6 Å². The molecule has 0 saturated heterocycles. The first-order chi connectivity index (χ1) is 7.52. The lowest BCUT2D eigenvalue weighted by Gasteiger charge is -2.15. The summed E-state index contributed by atoms with van der Waals surface area (Å²) in [6.07, 6.45) is 3.52. The predicted molar refractivity (Wildman–Crippen MR) is 60.1 cm³/mol. The average Bonchev–Trinajstić information content (AvgIpc) is 2.65. The number of carboxylic acid groups (broad SMARTS) is 1. The maximum Gasteiger partial charge on any atom is 0.315 e. The van der Waals surface area contributed by atoms with E-state index in [4.69, 9.17) is 5.11 Å². The molecule has 16 heavy (non-hydrogen) atoms. The first-order valence-electron chi connectivity index (χ1n) is 5.45. The van der Waals surface area contributed by atoms with Crippen LogP contribution < -0.4 is 10.6 Å². The number of rotatable bonds is 4. The topological polar surface area (TPSA) is 78.4 Å². The van der Waals surface area contributed by atoms with Gasteiger partial charge in [0.1, 0.15) is 0 Å². The van der Waals surface area contributed by atoms with Crippen LogP contribution in [0.5, 0.6) is 0 Å². The number of amides is 2. The Morgan fingerprint density at radius 2 is 2.19 bits per heavy atom. The van der Waals surface area contributed by atoms with E-state index in [1.165, 1.54) is 0 Å². The lowest BCUT2D eigenvalue weighted by molar-refractivity contribution is -0.141. The SMILES string of the molecule is C=CC(C)NC(=O)N[C@H]1CC[C@@H](C(=O)O)C1. The molecule has 0 aromatic heterocycles. The van der Waals surface area contributed by atoms with Crippen LogP contribution in [0.2, 0.25) is 0 Å². The summed E-state index contributed by atoms with van der Waals surface area (Å²) in [5, 5.41) is 14.3. The minimum absolute atomic E-state index is 0.0295. The van der Waals surface area contributed by atoms with Crippen LogP contribution >= 0.6 is 0 Å². The van der Waals surface area contributed by atoms with Crippen molar-refractivity contribution in [2.75, 3.05) is 0 Å². The summed E-state index contributed by atoms with van der Waals surface area (Å²) in [5.74, 6) is -1.09. The van der Waals surface area contributed by atoms with Gasteiger partial charge in [0.25, 0.3) is 0 Å². The largest absolute Gasteiger partial charge is 0.481 e. The van der Waals surface area contributed by atoms with Gasteiger partial charge in [0.15, 0.2) is 0 Å². The van der Waals surface area contributed by atoms with Crippen LogP contribution in [0, 0.1) is 5.92 Å². The molecule has 2 amide bonds. The second kappa shape index (κ2) is 5.53. The maximum atomic E-state index is 11.4. The molecule has 1 saturated carbocycles. The van der Waals surface area contributed by atoms with Gasteiger partial charge >= 0.3 is 12.0 Å². The van der Waals surface area contributed by atoms with Crippen LogP contribution in [-0.4, -0.2) is 29.2 Å². The summed E-state index contributed by atoms with van der Waals surface area (Å²) in [6.45, 7) is 5.38. The van der Waals surface area contributed by atoms with Crippen molar-refractivity contribution in [3.8, 4) is 0 Å². The van der Waals surface area contributed by atoms with Crippen molar-refractivity contribution in [2.45, 2.75) is 38.3 Å². The smallest absolute Gasteiger partial charge is 0.315 e. The molecule has 0 aliphatic heterocycles. The number of hydrogen-bond donors (Lipinski definition) is 3. The summed E-state index contributed by atoms with van der Waals surface area (Å²) in [6, 6.07) is -0.377. The standard InChI is InChI=1S/C11H18N2O3/c1-3-7(2)12-11(16)13-9-5-4-8(6-9)10(14)15/h3,7-9H,1,4-6H2,2H3,(H,14,15)(H2,12,13,16)/t7?,8-,9+/m1/s1. The Balaban J connectivity index is 2.31. The summed E-state index contributed by atoms with van der Waals surface area (Å²) < 4.78 is 0. The van der Waals surface area contributed by atoms with E-state index < -0.39 is 5.97 Å². The van der Waals surface area contributed by atoms with E-state index in [0.29, 0.717) is 12.8 Å². The molecule has 1 rings (SSSR count). The van der Waals surface area contributed by atoms with Crippen LogP contribution in [0.3, 0.4) is 0 Å². The third-order valence-corrected chi connectivity index (χ3v) is 2.83. The first-order valence-corrected chi connectivity index (χ1v) is 5.45. The lowest BCUT2D eigenvalue weighted by atomic mass is 10.1. The van der Waals surface area contributed by atoms with Crippen molar-refractivity contribution in [3.63, 3.8) is 0 Å². The van der Waals surface area contributed by atoms with E-state index in [9.17, 15) is 9.59 Å². The van der Waals surface area contributed by atoms with Gasteiger partial charge in [-0.25, -0.2) is 4.79 Å². The fraction of sp³-hybridized carbons (Fsp3) is 0.636. The molecule has 3 atom stereocenters. The number of aliphatic carboxylic acids is 1. The predicted octanol–water partition coefficient (Wildman–Crippen LogP) is 1.11. The van der Waals surface area contributed by atoms with Gasteiger partial charge in [-0.1, -0.05) is 6.08 Å². The molecule has 1 unspecified atom stereocenters. The molecule has 3 N–H and O–H groups in total. The highest BCUT2D eigenvalue weighted by atomic mass is 16.4. The van der Waals surface area contributed by atoms with Gasteiger partial charge in [-0.05, 0) is 26.2 Å². The lowest BCUT2D eigenvalue weighted by Crippen LogP contribution is -2.44. The minimum Gasteiger partial charge on any atom is -0.481 e. The van der Waals surface area contributed by atoms with Crippen molar-refractivity contribution >= 4 is 12.0 Å². The van der Waals surface area contributed by atoms with Gasteiger partial charge in [-0.15, -0.1) is 6.58 Å². The van der Waals surface area contributed by atoms with E-state index >= 15 is 0 Å². The molecular weight excluding hydrogens is 208 g/mol. The van der Waals surface area contributed by atoms with E-state index in [2.05, 4.69) is 17.2 Å². The van der Waals surface area contributed by atoms with E-state index in [-0.39, 0.29) is 24.0 Å². The molecule has 5 nitrogen and oxygen atoms in total. The quantitative estimate of drug-likeness (QED) is 0.628. The van der Waals surface area contributed by atoms with Crippen molar-refractivity contribution in [1.29, 1.82) is 0 Å². The van der Waals surface area contributed by atoms with Gasteiger partial charge in [0, 0.05) is 12.1 Å². The third kappa shape index (κ3) is 3.56. The van der Waals surface area contributed by atoms with Gasteiger partial charge in [0.2, 0.25) is 0 Å². The molecule has 0 heterocycles. The molecule has 1 fully saturated rings. The number of nitrogens with one attached hydrogen (secondary N) is 2. The summed E-state index contributed by atoms with van der Waals surface area (Å²) in [5.41, 5.74) is 0. The zero-order valence-electron chi connectivity index (χ0n) is 9.40. The van der Waals surface area contributed by atoms with Gasteiger partial charge < -0.3 is 15.7 Å². The van der Waals surface area contributed by atoms with Crippen molar-refractivity contribution in [3.05, 3.63) is 12.7 Å². The number of carbonyl (C=O) groups excluding carboxylic acids is 1. The Kier molecular flexibility index (Phi) is 4.34. The molecule has 0 aromatic carbocycles. The highest BCUT2D eigenvalue weighted by molar-refractivity contribution is 5.75. The van der Waals surface area contributed by atoms with Gasteiger partial charge in [0.05, 0.1) is 5.92 Å². The van der Waals surface area contributed by atoms with E-state index in [0.717, 1.165) is 6.42 Å². The second-order valence-corrected chi connectivity index (χ2v) is 4.19. The molecular formula is C11H18N2O3. The molecule has 0 aromatic rings. The Morgan fingerprint density at radius 1 is 1.50 bits per heavy atom. The maximum absolute atomic E-state index is 11.4. The van der Waals surface area contributed by atoms with Crippen LogP contribution in [0.1, 0.15) is 26.2 Å². The number of hydrogen-bond acceptors (Lipinski definition) is 2. The number of carboxylic acids is 1. The Morgan fingerprint density at radius 3 is 2.69 bits per heavy atom. The van der Waals surface area contributed by atoms with Crippen LogP contribution in [-0.2, 0) is 4.79 Å². The van der Waals surface area contributed by atoms with Crippen LogP contribution in [0.25, 0.3) is 0 Å². The summed E-state index contributed by atoms with van der Waals surface area (Å²) in [4.78, 5) is 22.1. The van der Waals surface area contributed by atoms with E-state index in [1.807, 2.05) is 6.92 Å². The molecule has 0 radical (unpaired) electrons. The highest BCUT2D eigenvalue weighted by Gasteiger charge is 2.30. The average molecular weight is 226 g/mol. The monoisotopic (exact) mass is 226 g/mol.